The number of carboxylic acids is 1. The van der Waals surface area contributed by atoms with Gasteiger partial charge in [0, 0.05) is 16.1 Å². The number of rotatable bonds is 12. The molecule has 1 N–H and O–H groups in total. The van der Waals surface area contributed by atoms with E-state index in [1.165, 1.54) is 24.5 Å². The zero-order valence-corrected chi connectivity index (χ0v) is 23.6. The maximum absolute atomic E-state index is 13.2. The van der Waals surface area contributed by atoms with Gasteiger partial charge in [0.1, 0.15) is 29.3 Å². The van der Waals surface area contributed by atoms with Crippen molar-refractivity contribution in [2.45, 2.75) is 51.9 Å². The summed E-state index contributed by atoms with van der Waals surface area (Å²) in [5.74, 6) is -0.361. The number of carbonyl (C=O) groups is 1. The van der Waals surface area contributed by atoms with Gasteiger partial charge in [-0.15, -0.1) is 0 Å². The minimum Gasteiger partial charge on any atom is -0.494 e. The van der Waals surface area contributed by atoms with Crippen LogP contribution in [0.25, 0.3) is 22.6 Å². The van der Waals surface area contributed by atoms with Crippen LogP contribution in [0.15, 0.2) is 42.7 Å². The fourth-order valence-electron chi connectivity index (χ4n) is 4.15. The first-order valence-electron chi connectivity index (χ1n) is 12.8. The molecule has 1 saturated carbocycles. The number of aromatic nitrogens is 4. The van der Waals surface area contributed by atoms with E-state index in [-0.39, 0.29) is 24.5 Å². The summed E-state index contributed by atoms with van der Waals surface area (Å²) in [7, 11) is 0. The molecule has 0 radical (unpaired) electrons. The predicted molar refractivity (Wildman–Crippen MR) is 148 cm³/mol. The summed E-state index contributed by atoms with van der Waals surface area (Å²) in [6.45, 7) is 0.762. The molecule has 41 heavy (non-hydrogen) atoms. The molecule has 0 bridgehead atoms. The lowest BCUT2D eigenvalue weighted by atomic mass is 10.1. The topological polar surface area (TPSA) is 109 Å². The first kappa shape index (κ1) is 28.8. The highest BCUT2D eigenvalue weighted by molar-refractivity contribution is 6.33. The maximum atomic E-state index is 13.2. The number of benzene rings is 2. The second-order valence-corrected chi connectivity index (χ2v) is 10.9. The van der Waals surface area contributed by atoms with Crippen molar-refractivity contribution in [1.82, 2.24) is 19.5 Å². The Morgan fingerprint density at radius 1 is 1.17 bits per heavy atom. The highest BCUT2D eigenvalue weighted by atomic mass is 35.5. The molecule has 9 nitrogen and oxygen atoms in total. The van der Waals surface area contributed by atoms with Gasteiger partial charge < -0.3 is 23.9 Å². The van der Waals surface area contributed by atoms with Crippen molar-refractivity contribution < 1.29 is 32.9 Å². The molecule has 5 rings (SSSR count). The van der Waals surface area contributed by atoms with E-state index in [1.54, 1.807) is 29.7 Å². The SMILES string of the molecule is C[C@H](CCOc1ccc(-c2nc3c(OC4(C)CC4)ncnc3n2Cc2cc(Cl)ccc2OC(F)F)c(Cl)c1)C(=O)O. The molecule has 1 atom stereocenters. The smallest absolute Gasteiger partial charge is 0.387 e. The number of imidazole rings is 1. The van der Waals surface area contributed by atoms with Crippen LogP contribution in [0.1, 0.15) is 38.7 Å². The van der Waals surface area contributed by atoms with E-state index < -0.39 is 18.5 Å². The predicted octanol–water partition coefficient (Wildman–Crippen LogP) is 6.87. The summed E-state index contributed by atoms with van der Waals surface area (Å²) in [5.41, 5.74) is 1.32. The summed E-state index contributed by atoms with van der Waals surface area (Å²) >= 11 is 12.9. The van der Waals surface area contributed by atoms with Crippen molar-refractivity contribution in [3.8, 4) is 28.8 Å². The van der Waals surface area contributed by atoms with Crippen molar-refractivity contribution in [1.29, 1.82) is 0 Å². The molecule has 0 amide bonds. The van der Waals surface area contributed by atoms with Crippen LogP contribution >= 0.6 is 23.2 Å². The summed E-state index contributed by atoms with van der Waals surface area (Å²) in [6.07, 6.45) is 3.44. The number of fused-ring (bicyclic) bond motifs is 1. The molecule has 0 aliphatic heterocycles. The van der Waals surface area contributed by atoms with Gasteiger partial charge in [0.15, 0.2) is 11.2 Å². The van der Waals surface area contributed by atoms with Gasteiger partial charge in [0.2, 0.25) is 5.88 Å². The van der Waals surface area contributed by atoms with E-state index in [1.807, 2.05) is 6.92 Å². The van der Waals surface area contributed by atoms with Crippen LogP contribution in [0, 0.1) is 5.92 Å². The van der Waals surface area contributed by atoms with Crippen LogP contribution in [0.5, 0.6) is 17.4 Å². The second-order valence-electron chi connectivity index (χ2n) is 10.1. The average molecular weight is 607 g/mol. The number of alkyl halides is 2. The molecule has 0 saturated heterocycles. The summed E-state index contributed by atoms with van der Waals surface area (Å²) in [6, 6.07) is 9.38. The van der Waals surface area contributed by atoms with Gasteiger partial charge in [-0.1, -0.05) is 30.1 Å². The number of hydrogen-bond donors (Lipinski definition) is 1. The van der Waals surface area contributed by atoms with Gasteiger partial charge in [-0.2, -0.15) is 13.8 Å². The molecule has 4 aromatic rings. The number of nitrogens with zero attached hydrogens (tertiary/aromatic N) is 4. The standard InChI is InChI=1S/C28H26Cl2F2N4O5/c1-15(26(37)38)7-10-39-18-4-5-19(20(30)12-18)23-35-22-24(33-14-34-25(22)41-28(2)8-9-28)36(23)13-16-11-17(29)3-6-21(16)40-27(31)32/h3-6,11-12,14-15,27H,7-10,13H2,1-2H3,(H,37,38)/t15-/m1/s1. The summed E-state index contributed by atoms with van der Waals surface area (Å²) in [5, 5.41) is 9.72. The van der Waals surface area contributed by atoms with E-state index in [9.17, 15) is 13.6 Å². The van der Waals surface area contributed by atoms with Gasteiger partial charge in [0.05, 0.1) is 24.1 Å². The lowest BCUT2D eigenvalue weighted by molar-refractivity contribution is -0.141. The molecular formula is C28H26Cl2F2N4O5. The largest absolute Gasteiger partial charge is 0.494 e. The van der Waals surface area contributed by atoms with Gasteiger partial charge in [0.25, 0.3) is 0 Å². The van der Waals surface area contributed by atoms with Crippen molar-refractivity contribution in [3.05, 3.63) is 58.3 Å². The minimum atomic E-state index is -3.03. The van der Waals surface area contributed by atoms with Crippen molar-refractivity contribution in [2.75, 3.05) is 6.61 Å². The minimum absolute atomic E-state index is 0.0177. The van der Waals surface area contributed by atoms with E-state index in [0.29, 0.717) is 56.2 Å². The molecule has 0 unspecified atom stereocenters. The second kappa shape index (κ2) is 11.7. The quantitative estimate of drug-likeness (QED) is 0.186. The fourth-order valence-corrected chi connectivity index (χ4v) is 4.60. The molecule has 1 aliphatic rings. The van der Waals surface area contributed by atoms with Crippen LogP contribution in [-0.4, -0.2) is 49.4 Å². The first-order valence-corrected chi connectivity index (χ1v) is 13.6. The Morgan fingerprint density at radius 3 is 2.63 bits per heavy atom. The third-order valence-corrected chi connectivity index (χ3v) is 7.33. The Morgan fingerprint density at radius 2 is 1.95 bits per heavy atom. The van der Waals surface area contributed by atoms with Gasteiger partial charge in [-0.3, -0.25) is 4.79 Å². The number of hydrogen-bond acceptors (Lipinski definition) is 7. The van der Waals surface area contributed by atoms with E-state index >= 15 is 0 Å². The highest BCUT2D eigenvalue weighted by Gasteiger charge is 2.41. The lowest BCUT2D eigenvalue weighted by Gasteiger charge is -2.15. The van der Waals surface area contributed by atoms with Crippen LogP contribution in [-0.2, 0) is 11.3 Å². The van der Waals surface area contributed by atoms with Crippen molar-refractivity contribution >= 4 is 40.3 Å². The van der Waals surface area contributed by atoms with Crippen molar-refractivity contribution in [2.24, 2.45) is 5.92 Å². The highest BCUT2D eigenvalue weighted by Crippen LogP contribution is 2.41. The molecule has 1 fully saturated rings. The maximum Gasteiger partial charge on any atom is 0.387 e. The third-order valence-electron chi connectivity index (χ3n) is 6.79. The summed E-state index contributed by atoms with van der Waals surface area (Å²) < 4.78 is 44.7. The number of aliphatic carboxylic acids is 1. The summed E-state index contributed by atoms with van der Waals surface area (Å²) in [4.78, 5) is 24.6. The molecule has 2 heterocycles. The van der Waals surface area contributed by atoms with Crippen LogP contribution in [0.4, 0.5) is 8.78 Å². The van der Waals surface area contributed by atoms with Gasteiger partial charge >= 0.3 is 12.6 Å². The molecule has 0 spiro atoms. The molecule has 216 valence electrons. The Labute approximate surface area is 244 Å². The van der Waals surface area contributed by atoms with E-state index in [4.69, 9.17) is 47.5 Å². The van der Waals surface area contributed by atoms with Crippen LogP contribution < -0.4 is 14.2 Å². The monoisotopic (exact) mass is 606 g/mol. The van der Waals surface area contributed by atoms with Gasteiger partial charge in [-0.25, -0.2) is 9.97 Å². The molecule has 2 aromatic heterocycles. The molecular weight excluding hydrogens is 581 g/mol. The zero-order valence-electron chi connectivity index (χ0n) is 22.1. The molecule has 1 aliphatic carbocycles. The Kier molecular flexibility index (Phi) is 8.19. The number of ether oxygens (including phenoxy) is 3. The number of carboxylic acid groups (broad SMARTS) is 1. The van der Waals surface area contributed by atoms with E-state index in [2.05, 4.69) is 9.97 Å². The third kappa shape index (κ3) is 6.62. The van der Waals surface area contributed by atoms with E-state index in [0.717, 1.165) is 12.8 Å². The number of halogens is 4. The zero-order chi connectivity index (χ0) is 29.3. The van der Waals surface area contributed by atoms with Crippen LogP contribution in [0.2, 0.25) is 10.0 Å². The van der Waals surface area contributed by atoms with Crippen LogP contribution in [0.3, 0.4) is 0 Å². The Bertz CT molecular complexity index is 1600. The Hall–Kier alpha value is -3.70. The average Bonchev–Trinajstić information content (AvgIpc) is 3.53. The van der Waals surface area contributed by atoms with Crippen molar-refractivity contribution in [3.63, 3.8) is 0 Å². The fraction of sp³-hybridized carbons (Fsp3) is 0.357. The Balaban J connectivity index is 1.56. The molecule has 2 aromatic carbocycles. The van der Waals surface area contributed by atoms with Gasteiger partial charge in [-0.05, 0) is 62.6 Å². The first-order chi connectivity index (χ1) is 19.5. The lowest BCUT2D eigenvalue weighted by Crippen LogP contribution is -2.13. The molecule has 13 heteroatoms. The normalized spacial score (nSPS) is 14.7.